The van der Waals surface area contributed by atoms with E-state index >= 15 is 0 Å². The van der Waals surface area contributed by atoms with Crippen LogP contribution in [0.2, 0.25) is 0 Å². The minimum absolute atomic E-state index is 0.234. The highest BCUT2D eigenvalue weighted by Crippen LogP contribution is 2.20. The molecule has 0 aliphatic heterocycles. The van der Waals surface area contributed by atoms with Gasteiger partial charge in [0.1, 0.15) is 0 Å². The molecule has 1 aromatic rings. The lowest BCUT2D eigenvalue weighted by molar-refractivity contribution is 0.868. The van der Waals surface area contributed by atoms with Crippen LogP contribution in [0.5, 0.6) is 0 Å². The van der Waals surface area contributed by atoms with Crippen molar-refractivity contribution in [3.8, 4) is 0 Å². The monoisotopic (exact) mass is 167 g/mol. The highest BCUT2D eigenvalue weighted by atomic mass is 32.2. The third-order valence-electron chi connectivity index (χ3n) is 1.43. The van der Waals surface area contributed by atoms with Gasteiger partial charge in [0.2, 0.25) is 0 Å². The Kier molecular flexibility index (Phi) is 3.46. The fraction of sp³-hybridized carbons (Fsp3) is 0.333. The molecule has 0 amide bonds. The van der Waals surface area contributed by atoms with E-state index in [1.807, 2.05) is 18.2 Å². The van der Waals surface area contributed by atoms with E-state index in [2.05, 4.69) is 19.1 Å². The summed E-state index contributed by atoms with van der Waals surface area (Å²) in [6.07, 6.45) is 1.01. The Balaban J connectivity index is 2.51. The summed E-state index contributed by atoms with van der Waals surface area (Å²) in [4.78, 5) is 1.25. The van der Waals surface area contributed by atoms with Gasteiger partial charge in [-0.25, -0.2) is 0 Å². The quantitative estimate of drug-likeness (QED) is 0.553. The van der Waals surface area contributed by atoms with E-state index in [0.29, 0.717) is 0 Å². The van der Waals surface area contributed by atoms with Crippen LogP contribution in [0.1, 0.15) is 13.3 Å². The van der Waals surface area contributed by atoms with Crippen LogP contribution >= 0.6 is 11.8 Å². The second-order valence-corrected chi connectivity index (χ2v) is 3.69. The second-order valence-electron chi connectivity index (χ2n) is 2.38. The Labute approximate surface area is 72.0 Å². The van der Waals surface area contributed by atoms with E-state index in [9.17, 15) is 0 Å². The van der Waals surface area contributed by atoms with E-state index in [4.69, 9.17) is 5.73 Å². The number of hydrogen-bond acceptors (Lipinski definition) is 2. The van der Waals surface area contributed by atoms with Gasteiger partial charge in [-0.2, -0.15) is 0 Å². The van der Waals surface area contributed by atoms with Crippen molar-refractivity contribution in [3.05, 3.63) is 30.3 Å². The summed E-state index contributed by atoms with van der Waals surface area (Å²) in [5.74, 6) is 0. The molecule has 0 saturated heterocycles. The first-order valence-corrected chi connectivity index (χ1v) is 4.68. The molecule has 60 valence electrons. The lowest BCUT2D eigenvalue weighted by Gasteiger charge is -2.06. The Hall–Kier alpha value is -0.470. The SMILES string of the molecule is CC[C@H](N)Sc1ccccc1. The van der Waals surface area contributed by atoms with E-state index in [-0.39, 0.29) is 5.37 Å². The van der Waals surface area contributed by atoms with Gasteiger partial charge in [0.15, 0.2) is 0 Å². The number of hydrogen-bond donors (Lipinski definition) is 1. The van der Waals surface area contributed by atoms with Crippen molar-refractivity contribution in [2.75, 3.05) is 0 Å². The Morgan fingerprint density at radius 1 is 1.36 bits per heavy atom. The van der Waals surface area contributed by atoms with Crippen molar-refractivity contribution < 1.29 is 0 Å². The first-order valence-electron chi connectivity index (χ1n) is 3.80. The zero-order chi connectivity index (χ0) is 8.10. The molecule has 0 aliphatic carbocycles. The predicted octanol–water partition coefficient (Wildman–Crippen LogP) is 2.47. The van der Waals surface area contributed by atoms with E-state index in [1.165, 1.54) is 4.90 Å². The molecule has 1 rings (SSSR count). The highest BCUT2D eigenvalue weighted by Gasteiger charge is 1.99. The molecule has 0 aliphatic rings. The zero-order valence-electron chi connectivity index (χ0n) is 6.66. The standard InChI is InChI=1S/C9H13NS/c1-2-9(10)11-8-6-4-3-5-7-8/h3-7,9H,2,10H2,1H3/t9-/m1/s1. The van der Waals surface area contributed by atoms with Gasteiger partial charge in [-0.15, -0.1) is 11.8 Å². The van der Waals surface area contributed by atoms with Crippen molar-refractivity contribution in [2.45, 2.75) is 23.6 Å². The smallest absolute Gasteiger partial charge is 0.0551 e. The average Bonchev–Trinajstić information content (AvgIpc) is 2.06. The summed E-state index contributed by atoms with van der Waals surface area (Å²) < 4.78 is 0. The van der Waals surface area contributed by atoms with E-state index in [1.54, 1.807) is 11.8 Å². The molecule has 1 nitrogen and oxygen atoms in total. The first-order chi connectivity index (χ1) is 5.33. The molecule has 0 heterocycles. The minimum atomic E-state index is 0.234. The lowest BCUT2D eigenvalue weighted by atomic mass is 10.4. The maximum atomic E-state index is 5.77. The van der Waals surface area contributed by atoms with Gasteiger partial charge in [0, 0.05) is 4.90 Å². The molecular weight excluding hydrogens is 154 g/mol. The number of thioether (sulfide) groups is 1. The first kappa shape index (κ1) is 8.62. The van der Waals surface area contributed by atoms with Crippen molar-refractivity contribution in [1.29, 1.82) is 0 Å². The molecule has 0 unspecified atom stereocenters. The topological polar surface area (TPSA) is 26.0 Å². The molecule has 2 N–H and O–H groups in total. The van der Waals surface area contributed by atoms with Crippen LogP contribution in [0.15, 0.2) is 35.2 Å². The summed E-state index contributed by atoms with van der Waals surface area (Å²) in [6.45, 7) is 2.10. The van der Waals surface area contributed by atoms with Gasteiger partial charge in [-0.05, 0) is 18.6 Å². The predicted molar refractivity (Wildman–Crippen MR) is 50.6 cm³/mol. The third kappa shape index (κ3) is 2.95. The van der Waals surface area contributed by atoms with Crippen LogP contribution in [0, 0.1) is 0 Å². The molecule has 1 aromatic carbocycles. The van der Waals surface area contributed by atoms with Gasteiger partial charge in [0.05, 0.1) is 5.37 Å². The van der Waals surface area contributed by atoms with Crippen LogP contribution in [-0.4, -0.2) is 5.37 Å². The zero-order valence-corrected chi connectivity index (χ0v) is 7.47. The maximum absolute atomic E-state index is 5.77. The Morgan fingerprint density at radius 3 is 2.55 bits per heavy atom. The molecule has 0 fully saturated rings. The van der Waals surface area contributed by atoms with Gasteiger partial charge < -0.3 is 5.73 Å². The third-order valence-corrected chi connectivity index (χ3v) is 2.61. The van der Waals surface area contributed by atoms with Crippen molar-refractivity contribution in [2.24, 2.45) is 5.73 Å². The molecule has 0 bridgehead atoms. The Morgan fingerprint density at radius 2 is 2.00 bits per heavy atom. The molecular formula is C9H13NS. The van der Waals surface area contributed by atoms with Crippen molar-refractivity contribution >= 4 is 11.8 Å². The molecule has 0 saturated carbocycles. The largest absolute Gasteiger partial charge is 0.319 e. The highest BCUT2D eigenvalue weighted by molar-refractivity contribution is 7.99. The van der Waals surface area contributed by atoms with Crippen LogP contribution in [0.3, 0.4) is 0 Å². The van der Waals surface area contributed by atoms with Crippen molar-refractivity contribution in [1.82, 2.24) is 0 Å². The van der Waals surface area contributed by atoms with Crippen LogP contribution in [0.25, 0.3) is 0 Å². The molecule has 0 aromatic heterocycles. The summed E-state index contributed by atoms with van der Waals surface area (Å²) >= 11 is 1.72. The minimum Gasteiger partial charge on any atom is -0.319 e. The summed E-state index contributed by atoms with van der Waals surface area (Å²) in [5, 5.41) is 0.234. The van der Waals surface area contributed by atoms with Gasteiger partial charge >= 0.3 is 0 Å². The second kappa shape index (κ2) is 4.42. The molecule has 0 spiro atoms. The maximum Gasteiger partial charge on any atom is 0.0551 e. The Bertz CT molecular complexity index is 198. The number of rotatable bonds is 3. The molecule has 0 radical (unpaired) electrons. The lowest BCUT2D eigenvalue weighted by Crippen LogP contribution is -2.12. The van der Waals surface area contributed by atoms with Crippen LogP contribution in [0.4, 0.5) is 0 Å². The van der Waals surface area contributed by atoms with E-state index in [0.717, 1.165) is 6.42 Å². The molecule has 1 atom stereocenters. The summed E-state index contributed by atoms with van der Waals surface area (Å²) in [6, 6.07) is 10.2. The van der Waals surface area contributed by atoms with Crippen LogP contribution in [-0.2, 0) is 0 Å². The number of benzene rings is 1. The van der Waals surface area contributed by atoms with Gasteiger partial charge in [-0.1, -0.05) is 25.1 Å². The normalized spacial score (nSPS) is 12.9. The fourth-order valence-electron chi connectivity index (χ4n) is 0.757. The molecule has 11 heavy (non-hydrogen) atoms. The summed E-state index contributed by atoms with van der Waals surface area (Å²) in [7, 11) is 0. The van der Waals surface area contributed by atoms with Crippen LogP contribution < -0.4 is 5.73 Å². The number of nitrogens with two attached hydrogens (primary N) is 1. The average molecular weight is 167 g/mol. The molecule has 2 heteroatoms. The van der Waals surface area contributed by atoms with Gasteiger partial charge in [0.25, 0.3) is 0 Å². The summed E-state index contributed by atoms with van der Waals surface area (Å²) in [5.41, 5.74) is 5.77. The van der Waals surface area contributed by atoms with Crippen molar-refractivity contribution in [3.63, 3.8) is 0 Å². The fourth-order valence-corrected chi connectivity index (χ4v) is 1.59. The van der Waals surface area contributed by atoms with Gasteiger partial charge in [-0.3, -0.25) is 0 Å². The van der Waals surface area contributed by atoms with E-state index < -0.39 is 0 Å².